The zero-order valence-corrected chi connectivity index (χ0v) is 7.48. The SMILES string of the molecule is O=CN1CCCCC1c1ccco1. The summed E-state index contributed by atoms with van der Waals surface area (Å²) in [6.45, 7) is 0.856. The van der Waals surface area contributed by atoms with Gasteiger partial charge in [-0.05, 0) is 31.4 Å². The Morgan fingerprint density at radius 2 is 2.46 bits per heavy atom. The Balaban J connectivity index is 2.15. The fourth-order valence-corrected chi connectivity index (χ4v) is 1.87. The first-order valence-electron chi connectivity index (χ1n) is 4.66. The number of hydrogen-bond acceptors (Lipinski definition) is 2. The number of carbonyl (C=O) groups excluding carboxylic acids is 1. The molecule has 1 fully saturated rings. The lowest BCUT2D eigenvalue weighted by atomic mass is 10.0. The molecule has 1 unspecified atom stereocenters. The molecule has 13 heavy (non-hydrogen) atoms. The van der Waals surface area contributed by atoms with Crippen molar-refractivity contribution in [2.45, 2.75) is 25.3 Å². The highest BCUT2D eigenvalue weighted by atomic mass is 16.3. The van der Waals surface area contributed by atoms with Crippen LogP contribution in [0.3, 0.4) is 0 Å². The third-order valence-electron chi connectivity index (χ3n) is 2.55. The van der Waals surface area contributed by atoms with Crippen LogP contribution < -0.4 is 0 Å². The van der Waals surface area contributed by atoms with Crippen molar-refractivity contribution in [1.82, 2.24) is 4.90 Å². The number of hydrogen-bond donors (Lipinski definition) is 0. The molecular weight excluding hydrogens is 166 g/mol. The minimum Gasteiger partial charge on any atom is -0.467 e. The van der Waals surface area contributed by atoms with Crippen molar-refractivity contribution in [2.24, 2.45) is 0 Å². The average molecular weight is 179 g/mol. The molecule has 1 aliphatic heterocycles. The van der Waals surface area contributed by atoms with Crippen molar-refractivity contribution in [1.29, 1.82) is 0 Å². The highest BCUT2D eigenvalue weighted by molar-refractivity contribution is 5.48. The summed E-state index contributed by atoms with van der Waals surface area (Å²) < 4.78 is 5.30. The maximum absolute atomic E-state index is 10.7. The van der Waals surface area contributed by atoms with Crippen LogP contribution in [0.25, 0.3) is 0 Å². The molecule has 1 aliphatic rings. The van der Waals surface area contributed by atoms with Crippen LogP contribution in [-0.4, -0.2) is 17.9 Å². The minimum atomic E-state index is 0.168. The lowest BCUT2D eigenvalue weighted by Gasteiger charge is -2.30. The molecule has 1 aromatic rings. The third-order valence-corrected chi connectivity index (χ3v) is 2.55. The molecule has 0 bridgehead atoms. The van der Waals surface area contributed by atoms with Gasteiger partial charge in [0, 0.05) is 6.54 Å². The first-order chi connectivity index (χ1) is 6.42. The van der Waals surface area contributed by atoms with Gasteiger partial charge in [0.2, 0.25) is 6.41 Å². The molecule has 3 nitrogen and oxygen atoms in total. The molecule has 3 heteroatoms. The fourth-order valence-electron chi connectivity index (χ4n) is 1.87. The van der Waals surface area contributed by atoms with E-state index in [9.17, 15) is 4.79 Å². The first kappa shape index (κ1) is 8.35. The van der Waals surface area contributed by atoms with E-state index in [1.54, 1.807) is 6.26 Å². The van der Waals surface area contributed by atoms with Gasteiger partial charge in [-0.3, -0.25) is 4.79 Å². The van der Waals surface area contributed by atoms with Gasteiger partial charge >= 0.3 is 0 Å². The molecule has 0 saturated carbocycles. The molecular formula is C10H13NO2. The van der Waals surface area contributed by atoms with E-state index in [1.165, 1.54) is 6.42 Å². The van der Waals surface area contributed by atoms with Crippen molar-refractivity contribution in [3.8, 4) is 0 Å². The smallest absolute Gasteiger partial charge is 0.210 e. The van der Waals surface area contributed by atoms with Crippen molar-refractivity contribution < 1.29 is 9.21 Å². The van der Waals surface area contributed by atoms with Gasteiger partial charge in [0.15, 0.2) is 0 Å². The van der Waals surface area contributed by atoms with Crippen LogP contribution in [0.1, 0.15) is 31.1 Å². The maximum atomic E-state index is 10.7. The van der Waals surface area contributed by atoms with Gasteiger partial charge in [0.25, 0.3) is 0 Å². The number of furan rings is 1. The maximum Gasteiger partial charge on any atom is 0.210 e. The molecule has 1 amide bonds. The standard InChI is InChI=1S/C10H13NO2/c12-8-11-6-2-1-4-9(11)10-5-3-7-13-10/h3,5,7-9H,1-2,4,6H2. The van der Waals surface area contributed by atoms with Crippen molar-refractivity contribution in [3.63, 3.8) is 0 Å². The summed E-state index contributed by atoms with van der Waals surface area (Å²) in [7, 11) is 0. The lowest BCUT2D eigenvalue weighted by Crippen LogP contribution is -2.31. The largest absolute Gasteiger partial charge is 0.467 e. The van der Waals surface area contributed by atoms with E-state index in [0.717, 1.165) is 31.6 Å². The van der Waals surface area contributed by atoms with Gasteiger partial charge in [-0.2, -0.15) is 0 Å². The van der Waals surface area contributed by atoms with Crippen LogP contribution >= 0.6 is 0 Å². The fraction of sp³-hybridized carbons (Fsp3) is 0.500. The molecule has 2 rings (SSSR count). The summed E-state index contributed by atoms with van der Waals surface area (Å²) in [4.78, 5) is 12.6. The number of likely N-dealkylation sites (tertiary alicyclic amines) is 1. The van der Waals surface area contributed by atoms with Crippen LogP contribution in [0, 0.1) is 0 Å². The molecule has 1 saturated heterocycles. The highest BCUT2D eigenvalue weighted by Gasteiger charge is 2.24. The third kappa shape index (κ3) is 1.59. The summed E-state index contributed by atoms with van der Waals surface area (Å²) in [5.41, 5.74) is 0. The van der Waals surface area contributed by atoms with Gasteiger partial charge in [-0.15, -0.1) is 0 Å². The number of rotatable bonds is 2. The van der Waals surface area contributed by atoms with Crippen molar-refractivity contribution in [3.05, 3.63) is 24.2 Å². The predicted octanol–water partition coefficient (Wildman–Crippen LogP) is 1.96. The van der Waals surface area contributed by atoms with E-state index in [1.807, 2.05) is 17.0 Å². The van der Waals surface area contributed by atoms with Crippen LogP contribution in [0.4, 0.5) is 0 Å². The molecule has 0 spiro atoms. The Morgan fingerprint density at radius 1 is 1.54 bits per heavy atom. The minimum absolute atomic E-state index is 0.168. The summed E-state index contributed by atoms with van der Waals surface area (Å²) in [6.07, 6.45) is 5.89. The molecule has 2 heterocycles. The Bertz CT molecular complexity index is 268. The van der Waals surface area contributed by atoms with E-state index < -0.39 is 0 Å². The summed E-state index contributed by atoms with van der Waals surface area (Å²) in [6, 6.07) is 3.97. The van der Waals surface area contributed by atoms with Crippen LogP contribution in [-0.2, 0) is 4.79 Å². The second-order valence-corrected chi connectivity index (χ2v) is 3.37. The van der Waals surface area contributed by atoms with Gasteiger partial charge in [0.1, 0.15) is 5.76 Å². The molecule has 0 aliphatic carbocycles. The van der Waals surface area contributed by atoms with Gasteiger partial charge in [-0.25, -0.2) is 0 Å². The predicted molar refractivity (Wildman–Crippen MR) is 48.1 cm³/mol. The first-order valence-corrected chi connectivity index (χ1v) is 4.66. The summed E-state index contributed by atoms with van der Waals surface area (Å²) in [5, 5.41) is 0. The zero-order valence-electron chi connectivity index (χ0n) is 7.48. The molecule has 0 N–H and O–H groups in total. The highest BCUT2D eigenvalue weighted by Crippen LogP contribution is 2.29. The van der Waals surface area contributed by atoms with Crippen molar-refractivity contribution >= 4 is 6.41 Å². The summed E-state index contributed by atoms with van der Waals surface area (Å²) >= 11 is 0. The molecule has 0 aromatic carbocycles. The number of carbonyl (C=O) groups is 1. The van der Waals surface area contributed by atoms with Gasteiger partial charge in [0.05, 0.1) is 12.3 Å². The Labute approximate surface area is 77.3 Å². The van der Waals surface area contributed by atoms with E-state index in [4.69, 9.17) is 4.42 Å². The molecule has 0 radical (unpaired) electrons. The van der Waals surface area contributed by atoms with E-state index >= 15 is 0 Å². The molecule has 70 valence electrons. The monoisotopic (exact) mass is 179 g/mol. The van der Waals surface area contributed by atoms with Gasteiger partial charge in [-0.1, -0.05) is 0 Å². The summed E-state index contributed by atoms with van der Waals surface area (Å²) in [5.74, 6) is 0.909. The average Bonchev–Trinajstić information content (AvgIpc) is 2.70. The van der Waals surface area contributed by atoms with Crippen LogP contribution in [0.15, 0.2) is 22.8 Å². The van der Waals surface area contributed by atoms with E-state index in [0.29, 0.717) is 0 Å². The quantitative estimate of drug-likeness (QED) is 0.650. The van der Waals surface area contributed by atoms with Crippen LogP contribution in [0.2, 0.25) is 0 Å². The van der Waals surface area contributed by atoms with E-state index in [2.05, 4.69) is 0 Å². The Morgan fingerprint density at radius 3 is 3.15 bits per heavy atom. The number of piperidine rings is 1. The second-order valence-electron chi connectivity index (χ2n) is 3.37. The second kappa shape index (κ2) is 3.64. The van der Waals surface area contributed by atoms with Crippen LogP contribution in [0.5, 0.6) is 0 Å². The lowest BCUT2D eigenvalue weighted by molar-refractivity contribution is -0.121. The van der Waals surface area contributed by atoms with Gasteiger partial charge < -0.3 is 9.32 Å². The number of amides is 1. The molecule has 1 atom stereocenters. The van der Waals surface area contributed by atoms with E-state index in [-0.39, 0.29) is 6.04 Å². The van der Waals surface area contributed by atoms with Crippen molar-refractivity contribution in [2.75, 3.05) is 6.54 Å². The molecule has 1 aromatic heterocycles. The normalized spacial score (nSPS) is 23.1. The number of nitrogens with zero attached hydrogens (tertiary/aromatic N) is 1. The Hall–Kier alpha value is -1.25. The topological polar surface area (TPSA) is 33.5 Å². The Kier molecular flexibility index (Phi) is 2.34. The zero-order chi connectivity index (χ0) is 9.10.